The van der Waals surface area contributed by atoms with Crippen molar-refractivity contribution in [2.75, 3.05) is 10.7 Å². The first kappa shape index (κ1) is 31.3. The highest BCUT2D eigenvalue weighted by molar-refractivity contribution is 8.15. The van der Waals surface area contributed by atoms with Crippen LogP contribution in [-0.2, 0) is 17.6 Å². The topological polar surface area (TPSA) is 114 Å². The van der Waals surface area contributed by atoms with Gasteiger partial charge in [0.05, 0.1) is 23.2 Å². The summed E-state index contributed by atoms with van der Waals surface area (Å²) in [7, 11) is 0. The molecule has 2 aliphatic rings. The van der Waals surface area contributed by atoms with Crippen molar-refractivity contribution in [2.45, 2.75) is 51.4 Å². The van der Waals surface area contributed by atoms with Crippen LogP contribution in [0.1, 0.15) is 48.9 Å². The molecule has 10 nitrogen and oxygen atoms in total. The molecule has 0 radical (unpaired) electrons. The number of alkyl halides is 3. The molecule has 1 fully saturated rings. The van der Waals surface area contributed by atoms with Gasteiger partial charge in [-0.15, -0.1) is 18.3 Å². The fraction of sp³-hybridized carbons (Fsp3) is 0.281. The van der Waals surface area contributed by atoms with Crippen molar-refractivity contribution in [2.24, 2.45) is 4.99 Å². The van der Waals surface area contributed by atoms with Crippen LogP contribution >= 0.6 is 11.8 Å². The highest BCUT2D eigenvalue weighted by Gasteiger charge is 2.33. The molecule has 0 spiro atoms. The number of ether oxygens (including phenoxy) is 1. The van der Waals surface area contributed by atoms with Crippen molar-refractivity contribution in [3.8, 4) is 22.8 Å². The van der Waals surface area contributed by atoms with Crippen LogP contribution in [-0.4, -0.2) is 44.0 Å². The Bertz CT molecular complexity index is 1760. The number of fused-ring (bicyclic) bond motifs is 1. The molecule has 14 heteroatoms. The van der Waals surface area contributed by atoms with Crippen LogP contribution in [0, 0.1) is 0 Å². The summed E-state index contributed by atoms with van der Waals surface area (Å²) in [5.74, 6) is 0.237. The monoisotopic (exact) mass is 649 g/mol. The van der Waals surface area contributed by atoms with E-state index in [9.17, 15) is 22.8 Å². The number of hydrazine groups is 1. The molecule has 3 amide bonds. The van der Waals surface area contributed by atoms with Crippen LogP contribution in [0.15, 0.2) is 78.0 Å². The summed E-state index contributed by atoms with van der Waals surface area (Å²) in [5.41, 5.74) is 11.1. The maximum absolute atomic E-state index is 12.9. The molecule has 3 aromatic carbocycles. The lowest BCUT2D eigenvalue weighted by Gasteiger charge is -2.24. The number of aryl methyl sites for hydroxylation is 1. The highest BCUT2D eigenvalue weighted by atomic mass is 32.2. The van der Waals surface area contributed by atoms with Gasteiger partial charge >= 0.3 is 12.4 Å². The number of amides is 3. The molecule has 0 saturated carbocycles. The summed E-state index contributed by atoms with van der Waals surface area (Å²) in [6.07, 6.45) is 1.44. The van der Waals surface area contributed by atoms with Gasteiger partial charge in [0, 0.05) is 5.56 Å². The van der Waals surface area contributed by atoms with Gasteiger partial charge in [-0.05, 0) is 79.1 Å². The molecule has 4 aromatic rings. The maximum Gasteiger partial charge on any atom is 0.573 e. The van der Waals surface area contributed by atoms with Crippen LogP contribution in [0.5, 0.6) is 5.75 Å². The second-order valence-electron chi connectivity index (χ2n) is 10.7. The third-order valence-corrected chi connectivity index (χ3v) is 8.66. The number of rotatable bonds is 8. The zero-order chi connectivity index (χ0) is 32.3. The standard InChI is InChI=1S/C32H30F3N7O3S/c1-2-26(38-39-30(44)37-31-42(28(43)18-46-31)27-9-5-7-20-6-3-4-8-25(20)27)21-10-12-22(13-11-21)29-36-19-41(40-29)23-14-16-24(17-15-23)45-32(33,34)35/h5,7,9-17,19,26,38H,2-4,6,8,18H2,1H3,(H,39,44)/b37-31-. The molecule has 2 heterocycles. The summed E-state index contributed by atoms with van der Waals surface area (Å²) in [6, 6.07) is 17.9. The zero-order valence-corrected chi connectivity index (χ0v) is 25.6. The molecule has 1 atom stereocenters. The molecule has 46 heavy (non-hydrogen) atoms. The highest BCUT2D eigenvalue weighted by Crippen LogP contribution is 2.35. The number of nitrogens with zero attached hydrogens (tertiary/aromatic N) is 5. The number of anilines is 1. The predicted molar refractivity (Wildman–Crippen MR) is 169 cm³/mol. The second kappa shape index (κ2) is 13.3. The molecule has 0 bridgehead atoms. The summed E-state index contributed by atoms with van der Waals surface area (Å²) >= 11 is 1.25. The Labute approximate surface area is 267 Å². The number of aromatic nitrogens is 3. The number of aliphatic imine (C=N–C) groups is 1. The molecule has 6 rings (SSSR count). The Kier molecular flexibility index (Phi) is 9.08. The van der Waals surface area contributed by atoms with Gasteiger partial charge in [0.1, 0.15) is 12.1 Å². The van der Waals surface area contributed by atoms with Crippen molar-refractivity contribution in [1.29, 1.82) is 0 Å². The molecule has 2 N–H and O–H groups in total. The Morgan fingerprint density at radius 2 is 1.83 bits per heavy atom. The van der Waals surface area contributed by atoms with E-state index in [-0.39, 0.29) is 23.5 Å². The van der Waals surface area contributed by atoms with Gasteiger partial charge in [0.25, 0.3) is 0 Å². The van der Waals surface area contributed by atoms with Gasteiger partial charge < -0.3 is 4.74 Å². The number of nitrogens with one attached hydrogen (secondary N) is 2. The molecule has 238 valence electrons. The first-order chi connectivity index (χ1) is 22.2. The fourth-order valence-corrected chi connectivity index (χ4v) is 6.38. The quantitative estimate of drug-likeness (QED) is 0.209. The number of benzene rings is 3. The Morgan fingerprint density at radius 3 is 2.57 bits per heavy atom. The lowest BCUT2D eigenvalue weighted by Crippen LogP contribution is -2.39. The van der Waals surface area contributed by atoms with E-state index < -0.39 is 12.4 Å². The minimum Gasteiger partial charge on any atom is -0.406 e. The summed E-state index contributed by atoms with van der Waals surface area (Å²) < 4.78 is 42.7. The van der Waals surface area contributed by atoms with E-state index in [0.29, 0.717) is 23.1 Å². The molecule has 1 aliphatic heterocycles. The van der Waals surface area contributed by atoms with E-state index in [1.165, 1.54) is 52.6 Å². The summed E-state index contributed by atoms with van der Waals surface area (Å²) in [5, 5.41) is 4.80. The summed E-state index contributed by atoms with van der Waals surface area (Å²) in [6.45, 7) is 1.98. The number of hydrogen-bond donors (Lipinski definition) is 2. The van der Waals surface area contributed by atoms with Crippen LogP contribution < -0.4 is 20.5 Å². The number of hydrogen-bond acceptors (Lipinski definition) is 7. The fourth-order valence-electron chi connectivity index (χ4n) is 5.52. The number of carbonyl (C=O) groups excluding carboxylic acids is 2. The Hall–Kier alpha value is -4.69. The van der Waals surface area contributed by atoms with Gasteiger partial charge in [-0.1, -0.05) is 55.1 Å². The van der Waals surface area contributed by atoms with Crippen LogP contribution in [0.2, 0.25) is 0 Å². The normalized spacial score (nSPS) is 16.4. The van der Waals surface area contributed by atoms with E-state index in [4.69, 9.17) is 0 Å². The predicted octanol–water partition coefficient (Wildman–Crippen LogP) is 6.51. The zero-order valence-electron chi connectivity index (χ0n) is 24.8. The first-order valence-electron chi connectivity index (χ1n) is 14.8. The van der Waals surface area contributed by atoms with Crippen molar-refractivity contribution in [3.05, 3.63) is 89.7 Å². The molecule has 1 aromatic heterocycles. The van der Waals surface area contributed by atoms with E-state index in [0.717, 1.165) is 48.1 Å². The summed E-state index contributed by atoms with van der Waals surface area (Å²) in [4.78, 5) is 35.8. The van der Waals surface area contributed by atoms with Gasteiger partial charge in [-0.25, -0.2) is 19.9 Å². The van der Waals surface area contributed by atoms with Crippen molar-refractivity contribution >= 4 is 34.6 Å². The molecule has 1 unspecified atom stereocenters. The van der Waals surface area contributed by atoms with Gasteiger partial charge in [0.15, 0.2) is 11.0 Å². The lowest BCUT2D eigenvalue weighted by molar-refractivity contribution is -0.274. The molecule has 1 aliphatic carbocycles. The number of urea groups is 1. The second-order valence-corrected chi connectivity index (χ2v) is 11.7. The SMILES string of the molecule is CCC(NNC(=O)/N=C1\SCC(=O)N1c1cccc2c1CCCC2)c1ccc(-c2ncn(-c3ccc(OC(F)(F)F)cc3)n2)cc1. The third-order valence-electron chi connectivity index (χ3n) is 7.73. The van der Waals surface area contributed by atoms with Gasteiger partial charge in [0.2, 0.25) is 5.91 Å². The first-order valence-corrected chi connectivity index (χ1v) is 15.8. The van der Waals surface area contributed by atoms with Crippen LogP contribution in [0.3, 0.4) is 0 Å². The number of amidine groups is 1. The van der Waals surface area contributed by atoms with E-state index >= 15 is 0 Å². The number of halogens is 3. The third kappa shape index (κ3) is 7.07. The Balaban J connectivity index is 1.09. The number of thioether (sulfide) groups is 1. The minimum absolute atomic E-state index is 0.0947. The van der Waals surface area contributed by atoms with Crippen molar-refractivity contribution in [3.63, 3.8) is 0 Å². The average molecular weight is 650 g/mol. The van der Waals surface area contributed by atoms with Gasteiger partial charge in [-0.2, -0.15) is 4.99 Å². The van der Waals surface area contributed by atoms with E-state index in [2.05, 4.69) is 36.7 Å². The molecular weight excluding hydrogens is 619 g/mol. The smallest absolute Gasteiger partial charge is 0.406 e. The van der Waals surface area contributed by atoms with Crippen molar-refractivity contribution in [1.82, 2.24) is 25.6 Å². The molecular formula is C32H30F3N7O3S. The van der Waals surface area contributed by atoms with E-state index in [1.807, 2.05) is 43.3 Å². The lowest BCUT2D eigenvalue weighted by atomic mass is 9.90. The Morgan fingerprint density at radius 1 is 1.07 bits per heavy atom. The largest absolute Gasteiger partial charge is 0.573 e. The molecule has 1 saturated heterocycles. The minimum atomic E-state index is -4.76. The van der Waals surface area contributed by atoms with Crippen LogP contribution in [0.4, 0.5) is 23.7 Å². The maximum atomic E-state index is 12.9. The van der Waals surface area contributed by atoms with Gasteiger partial charge in [-0.3, -0.25) is 15.1 Å². The van der Waals surface area contributed by atoms with Crippen LogP contribution in [0.25, 0.3) is 17.1 Å². The number of carbonyl (C=O) groups is 2. The van der Waals surface area contributed by atoms with Crippen molar-refractivity contribution < 1.29 is 27.5 Å². The van der Waals surface area contributed by atoms with E-state index in [1.54, 1.807) is 4.90 Å². The average Bonchev–Trinajstić information content (AvgIpc) is 3.68.